The highest BCUT2D eigenvalue weighted by atomic mass is 32.2. The molecule has 0 spiro atoms. The van der Waals surface area contributed by atoms with Gasteiger partial charge in [-0.2, -0.15) is 10.5 Å². The predicted octanol–water partition coefficient (Wildman–Crippen LogP) is 4.83. The van der Waals surface area contributed by atoms with Crippen LogP contribution in [0.25, 0.3) is 10.9 Å². The van der Waals surface area contributed by atoms with Gasteiger partial charge in [-0.05, 0) is 42.0 Å². The number of pyridine rings is 2. The monoisotopic (exact) mass is 537 g/mol. The quantitative estimate of drug-likeness (QED) is 0.333. The standard InChI is InChI=1S/C29H31N9S/c1-29(2,3)16-34-27-18(11-31)12-33-26-17(10-30)8-19(9-22(26)27)35-28(24-14-38(37-36-24)20-4-5-20)23-15-39-25-13-32-7-6-21(23)25/h6-9,12-14,20,23,28,35-37H,4-5,15-16H2,1-3H3,(H,33,34)/t23?,28-/m0/s1. The van der Waals surface area contributed by atoms with Crippen molar-refractivity contribution in [1.82, 2.24) is 25.9 Å². The highest BCUT2D eigenvalue weighted by Gasteiger charge is 2.37. The number of rotatable bonds is 7. The smallest absolute Gasteiger partial charge is 0.103 e. The second-order valence-corrected chi connectivity index (χ2v) is 12.6. The Morgan fingerprint density at radius 1 is 1.18 bits per heavy atom. The lowest BCUT2D eigenvalue weighted by molar-refractivity contribution is 0.260. The van der Waals surface area contributed by atoms with Gasteiger partial charge < -0.3 is 16.1 Å². The fourth-order valence-electron chi connectivity index (χ4n) is 5.09. The third-order valence-corrected chi connectivity index (χ3v) is 8.43. The maximum atomic E-state index is 10.1. The number of hydrazine groups is 2. The molecule has 1 unspecified atom stereocenters. The van der Waals surface area contributed by atoms with E-state index in [0.717, 1.165) is 22.5 Å². The number of nitriles is 2. The summed E-state index contributed by atoms with van der Waals surface area (Å²) >= 11 is 1.82. The number of nitrogens with zero attached hydrogens (tertiary/aromatic N) is 5. The van der Waals surface area contributed by atoms with Crippen LogP contribution in [0, 0.1) is 28.1 Å². The van der Waals surface area contributed by atoms with Crippen LogP contribution < -0.4 is 21.6 Å². The maximum Gasteiger partial charge on any atom is 0.103 e. The summed E-state index contributed by atoms with van der Waals surface area (Å²) in [6.45, 7) is 7.10. The lowest BCUT2D eigenvalue weighted by Crippen LogP contribution is -2.41. The normalized spacial score (nSPS) is 19.1. The van der Waals surface area contributed by atoms with Crippen molar-refractivity contribution in [1.29, 1.82) is 10.5 Å². The molecular weight excluding hydrogens is 506 g/mol. The highest BCUT2D eigenvalue weighted by molar-refractivity contribution is 7.99. The Morgan fingerprint density at radius 2 is 2.00 bits per heavy atom. The first-order valence-electron chi connectivity index (χ1n) is 13.2. The Bertz CT molecular complexity index is 1540. The van der Waals surface area contributed by atoms with Crippen LogP contribution in [-0.2, 0) is 0 Å². The molecular formula is C29H31N9S. The average Bonchev–Trinajstić information content (AvgIpc) is 3.51. The summed E-state index contributed by atoms with van der Waals surface area (Å²) in [7, 11) is 0. The van der Waals surface area contributed by atoms with Gasteiger partial charge in [-0.3, -0.25) is 15.0 Å². The molecule has 3 aliphatic rings. The largest absolute Gasteiger partial charge is 0.383 e. The molecule has 4 N–H and O–H groups in total. The Hall–Kier alpha value is -3.99. The average molecular weight is 538 g/mol. The van der Waals surface area contributed by atoms with Crippen LogP contribution >= 0.6 is 11.8 Å². The van der Waals surface area contributed by atoms with Gasteiger partial charge in [-0.1, -0.05) is 20.8 Å². The minimum Gasteiger partial charge on any atom is -0.383 e. The van der Waals surface area contributed by atoms with Crippen molar-refractivity contribution in [2.45, 2.75) is 56.5 Å². The van der Waals surface area contributed by atoms with E-state index in [0.29, 0.717) is 34.9 Å². The Kier molecular flexibility index (Phi) is 6.46. The van der Waals surface area contributed by atoms with Gasteiger partial charge in [-0.15, -0.1) is 17.3 Å². The fraction of sp³-hybridized carbons (Fsp3) is 0.379. The van der Waals surface area contributed by atoms with Crippen LogP contribution in [0.1, 0.15) is 56.2 Å². The molecule has 10 heteroatoms. The molecule has 39 heavy (non-hydrogen) atoms. The van der Waals surface area contributed by atoms with Gasteiger partial charge in [0.05, 0.1) is 34.1 Å². The van der Waals surface area contributed by atoms with Gasteiger partial charge in [-0.25, -0.2) is 0 Å². The van der Waals surface area contributed by atoms with Crippen LogP contribution in [0.3, 0.4) is 0 Å². The van der Waals surface area contributed by atoms with E-state index in [1.807, 2.05) is 36.3 Å². The van der Waals surface area contributed by atoms with Gasteiger partial charge in [0.25, 0.3) is 0 Å². The lowest BCUT2D eigenvalue weighted by atomic mass is 9.91. The first kappa shape index (κ1) is 25.3. The summed E-state index contributed by atoms with van der Waals surface area (Å²) in [6, 6.07) is 11.0. The molecule has 2 aromatic heterocycles. The van der Waals surface area contributed by atoms with Crippen LogP contribution in [0.4, 0.5) is 11.4 Å². The van der Waals surface area contributed by atoms with Gasteiger partial charge >= 0.3 is 0 Å². The van der Waals surface area contributed by atoms with Crippen molar-refractivity contribution in [3.05, 3.63) is 65.4 Å². The topological polar surface area (TPSA) is 125 Å². The molecule has 2 atom stereocenters. The van der Waals surface area contributed by atoms with Crippen LogP contribution in [0.15, 0.2) is 53.6 Å². The summed E-state index contributed by atoms with van der Waals surface area (Å²) in [5.41, 5.74) is 12.1. The summed E-state index contributed by atoms with van der Waals surface area (Å²) in [4.78, 5) is 10.0. The molecule has 0 radical (unpaired) electrons. The Labute approximate surface area is 232 Å². The van der Waals surface area contributed by atoms with E-state index in [2.05, 4.69) is 81.7 Å². The van der Waals surface area contributed by atoms with Gasteiger partial charge in [0.1, 0.15) is 12.1 Å². The number of nitrogens with one attached hydrogen (secondary N) is 4. The summed E-state index contributed by atoms with van der Waals surface area (Å²) in [5, 5.41) is 30.1. The number of aromatic nitrogens is 2. The number of anilines is 2. The lowest BCUT2D eigenvalue weighted by Gasteiger charge is -2.27. The molecule has 6 rings (SSSR count). The maximum absolute atomic E-state index is 10.1. The predicted molar refractivity (Wildman–Crippen MR) is 153 cm³/mol. The summed E-state index contributed by atoms with van der Waals surface area (Å²) < 4.78 is 0. The molecule has 3 aromatic rings. The molecule has 1 aromatic carbocycles. The van der Waals surface area contributed by atoms with Crippen molar-refractivity contribution in [2.75, 3.05) is 22.9 Å². The Morgan fingerprint density at radius 3 is 2.74 bits per heavy atom. The zero-order chi connectivity index (χ0) is 27.1. The highest BCUT2D eigenvalue weighted by Crippen LogP contribution is 2.43. The van der Waals surface area contributed by atoms with Crippen molar-refractivity contribution >= 4 is 34.0 Å². The van der Waals surface area contributed by atoms with Crippen molar-refractivity contribution in [2.24, 2.45) is 5.41 Å². The molecule has 0 amide bonds. The van der Waals surface area contributed by atoms with Crippen LogP contribution in [-0.4, -0.2) is 39.4 Å². The van der Waals surface area contributed by atoms with Crippen LogP contribution in [0.2, 0.25) is 0 Å². The summed E-state index contributed by atoms with van der Waals surface area (Å²) in [6.07, 6.45) is 9.87. The van der Waals surface area contributed by atoms with Crippen molar-refractivity contribution < 1.29 is 0 Å². The van der Waals surface area contributed by atoms with E-state index in [1.54, 1.807) is 6.20 Å². The van der Waals surface area contributed by atoms with Crippen LogP contribution in [0.5, 0.6) is 0 Å². The first-order valence-corrected chi connectivity index (χ1v) is 14.2. The second-order valence-electron chi connectivity index (χ2n) is 11.5. The van der Waals surface area contributed by atoms with E-state index in [-0.39, 0.29) is 17.4 Å². The number of benzene rings is 1. The van der Waals surface area contributed by atoms with E-state index in [9.17, 15) is 10.5 Å². The van der Waals surface area contributed by atoms with Crippen molar-refractivity contribution in [3.8, 4) is 12.1 Å². The van der Waals surface area contributed by atoms with Gasteiger partial charge in [0.2, 0.25) is 0 Å². The second kappa shape index (κ2) is 9.96. The summed E-state index contributed by atoms with van der Waals surface area (Å²) in [5.74, 6) is 1.11. The first-order chi connectivity index (χ1) is 18.8. The third kappa shape index (κ3) is 5.06. The zero-order valence-electron chi connectivity index (χ0n) is 22.2. The van der Waals surface area contributed by atoms with Gasteiger partial charge in [0, 0.05) is 65.0 Å². The molecule has 0 bridgehead atoms. The minimum atomic E-state index is -0.0838. The van der Waals surface area contributed by atoms with E-state index >= 15 is 0 Å². The molecule has 2 aliphatic heterocycles. The molecule has 1 fully saturated rings. The number of thioether (sulfide) groups is 1. The number of fused-ring (bicyclic) bond motifs is 2. The molecule has 198 valence electrons. The zero-order valence-corrected chi connectivity index (χ0v) is 23.1. The molecule has 9 nitrogen and oxygen atoms in total. The fourth-order valence-corrected chi connectivity index (χ4v) is 6.34. The molecule has 1 aliphatic carbocycles. The Balaban J connectivity index is 1.43. The molecule has 0 saturated heterocycles. The third-order valence-electron chi connectivity index (χ3n) is 7.25. The number of hydrogen-bond acceptors (Lipinski definition) is 10. The number of hydrogen-bond donors (Lipinski definition) is 4. The van der Waals surface area contributed by atoms with E-state index in [1.165, 1.54) is 23.3 Å². The van der Waals surface area contributed by atoms with Crippen molar-refractivity contribution in [3.63, 3.8) is 0 Å². The van der Waals surface area contributed by atoms with E-state index < -0.39 is 0 Å². The molecule has 4 heterocycles. The molecule has 1 saturated carbocycles. The minimum absolute atomic E-state index is 0.00473. The van der Waals surface area contributed by atoms with Gasteiger partial charge in [0.15, 0.2) is 0 Å². The van der Waals surface area contributed by atoms with E-state index in [4.69, 9.17) is 0 Å². The SMILES string of the molecule is CC(C)(C)CNc1c(C#N)cnc2c(C#N)cc(N[C@H](C3=CN(C4CC4)NN3)C3CSc4cnccc43)cc12.